The molecule has 96 valence electrons. The summed E-state index contributed by atoms with van der Waals surface area (Å²) in [6, 6.07) is 7.40. The predicted molar refractivity (Wildman–Crippen MR) is 77.2 cm³/mol. The van der Waals surface area contributed by atoms with Crippen LogP contribution in [0.1, 0.15) is 5.01 Å². The van der Waals surface area contributed by atoms with Gasteiger partial charge in [0.1, 0.15) is 5.69 Å². The molecule has 4 nitrogen and oxygen atoms in total. The van der Waals surface area contributed by atoms with Crippen LogP contribution in [0.3, 0.4) is 0 Å². The molecule has 0 amide bonds. The predicted octanol–water partition coefficient (Wildman–Crippen LogP) is 4.01. The number of thiazole rings is 1. The second kappa shape index (κ2) is 4.68. The van der Waals surface area contributed by atoms with Crippen molar-refractivity contribution in [1.82, 2.24) is 10.1 Å². The minimum Gasteiger partial charge on any atom is -0.367 e. The molecule has 0 unspecified atom stereocenters. The Morgan fingerprint density at radius 2 is 2.00 bits per heavy atom. The summed E-state index contributed by atoms with van der Waals surface area (Å²) in [5.74, 6) is 0.295. The molecule has 0 bridgehead atoms. The molecule has 0 aliphatic rings. The molecule has 2 aromatic heterocycles. The number of halogens is 1. The standard InChI is InChI=1S/C13H10ClN3OS/c1-7-16-6-10(19-7)12-11(13(15)18-17-12)8-2-4-9(14)5-3-8/h2-6H,15H2,1H3. The van der Waals surface area contributed by atoms with Crippen LogP contribution in [0, 0.1) is 6.92 Å². The Bertz CT molecular complexity index is 718. The quantitative estimate of drug-likeness (QED) is 0.775. The first-order valence-corrected chi connectivity index (χ1v) is 6.78. The van der Waals surface area contributed by atoms with Crippen LogP contribution < -0.4 is 5.73 Å². The smallest absolute Gasteiger partial charge is 0.230 e. The zero-order chi connectivity index (χ0) is 13.4. The van der Waals surface area contributed by atoms with Crippen LogP contribution in [0.5, 0.6) is 0 Å². The summed E-state index contributed by atoms with van der Waals surface area (Å²) in [6.45, 7) is 1.94. The van der Waals surface area contributed by atoms with Gasteiger partial charge in [-0.15, -0.1) is 11.3 Å². The fraction of sp³-hybridized carbons (Fsp3) is 0.0769. The Morgan fingerprint density at radius 1 is 1.26 bits per heavy atom. The van der Waals surface area contributed by atoms with Crippen molar-refractivity contribution in [1.29, 1.82) is 0 Å². The number of rotatable bonds is 2. The van der Waals surface area contributed by atoms with E-state index < -0.39 is 0 Å². The molecule has 0 spiro atoms. The van der Waals surface area contributed by atoms with Crippen LogP contribution in [-0.2, 0) is 0 Å². The van der Waals surface area contributed by atoms with Gasteiger partial charge in [-0.25, -0.2) is 4.98 Å². The first kappa shape index (κ1) is 12.2. The van der Waals surface area contributed by atoms with Crippen molar-refractivity contribution in [2.24, 2.45) is 0 Å². The van der Waals surface area contributed by atoms with Crippen molar-refractivity contribution < 1.29 is 4.52 Å². The second-order valence-corrected chi connectivity index (χ2v) is 5.69. The van der Waals surface area contributed by atoms with Gasteiger partial charge in [-0.1, -0.05) is 28.9 Å². The van der Waals surface area contributed by atoms with Gasteiger partial charge < -0.3 is 10.3 Å². The van der Waals surface area contributed by atoms with Crippen LogP contribution in [-0.4, -0.2) is 10.1 Å². The van der Waals surface area contributed by atoms with Crippen molar-refractivity contribution in [2.75, 3.05) is 5.73 Å². The average Bonchev–Trinajstić information content (AvgIpc) is 2.97. The highest BCUT2D eigenvalue weighted by Gasteiger charge is 2.18. The molecule has 0 saturated heterocycles. The van der Waals surface area contributed by atoms with Crippen LogP contribution in [0.15, 0.2) is 35.0 Å². The van der Waals surface area contributed by atoms with Gasteiger partial charge >= 0.3 is 0 Å². The second-order valence-electron chi connectivity index (χ2n) is 4.02. The zero-order valence-corrected chi connectivity index (χ0v) is 11.6. The SMILES string of the molecule is Cc1ncc(-c2noc(N)c2-c2ccc(Cl)cc2)s1. The van der Waals surface area contributed by atoms with Gasteiger partial charge in [0.2, 0.25) is 5.88 Å². The number of benzene rings is 1. The summed E-state index contributed by atoms with van der Waals surface area (Å²) in [4.78, 5) is 5.16. The molecule has 0 fully saturated rings. The summed E-state index contributed by atoms with van der Waals surface area (Å²) < 4.78 is 5.12. The minimum atomic E-state index is 0.295. The van der Waals surface area contributed by atoms with E-state index in [-0.39, 0.29) is 0 Å². The average molecular weight is 292 g/mol. The number of hydrogen-bond donors (Lipinski definition) is 1. The monoisotopic (exact) mass is 291 g/mol. The Hall–Kier alpha value is -1.85. The fourth-order valence-corrected chi connectivity index (χ4v) is 2.73. The highest BCUT2D eigenvalue weighted by atomic mass is 35.5. The van der Waals surface area contributed by atoms with Gasteiger partial charge in [-0.05, 0) is 24.6 Å². The van der Waals surface area contributed by atoms with E-state index in [0.717, 1.165) is 21.0 Å². The fourth-order valence-electron chi connectivity index (χ4n) is 1.84. The van der Waals surface area contributed by atoms with Gasteiger partial charge in [0, 0.05) is 11.2 Å². The van der Waals surface area contributed by atoms with Crippen LogP contribution in [0.2, 0.25) is 5.02 Å². The van der Waals surface area contributed by atoms with E-state index in [4.69, 9.17) is 21.9 Å². The highest BCUT2D eigenvalue weighted by molar-refractivity contribution is 7.15. The first-order chi connectivity index (χ1) is 9.15. The molecule has 3 aromatic rings. The number of aryl methyl sites for hydroxylation is 1. The van der Waals surface area contributed by atoms with E-state index >= 15 is 0 Å². The van der Waals surface area contributed by atoms with E-state index in [0.29, 0.717) is 16.6 Å². The van der Waals surface area contributed by atoms with E-state index in [9.17, 15) is 0 Å². The van der Waals surface area contributed by atoms with Gasteiger partial charge in [0.25, 0.3) is 0 Å². The summed E-state index contributed by atoms with van der Waals surface area (Å²) >= 11 is 7.45. The number of nitrogen functional groups attached to an aromatic ring is 1. The van der Waals surface area contributed by atoms with E-state index in [2.05, 4.69) is 10.1 Å². The topological polar surface area (TPSA) is 64.9 Å². The first-order valence-electron chi connectivity index (χ1n) is 5.59. The van der Waals surface area contributed by atoms with Crippen molar-refractivity contribution >= 4 is 28.8 Å². The molecule has 0 aliphatic heterocycles. The summed E-state index contributed by atoms with van der Waals surface area (Å²) in [6.07, 6.45) is 1.77. The largest absolute Gasteiger partial charge is 0.367 e. The van der Waals surface area contributed by atoms with Crippen LogP contribution >= 0.6 is 22.9 Å². The molecular formula is C13H10ClN3OS. The number of aromatic nitrogens is 2. The Labute approximate surface area is 118 Å². The summed E-state index contributed by atoms with van der Waals surface area (Å²) in [5, 5.41) is 5.68. The maximum absolute atomic E-state index is 5.89. The van der Waals surface area contributed by atoms with Gasteiger partial charge in [-0.2, -0.15) is 0 Å². The summed E-state index contributed by atoms with van der Waals surface area (Å²) in [5.41, 5.74) is 8.29. The van der Waals surface area contributed by atoms with E-state index in [1.807, 2.05) is 31.2 Å². The van der Waals surface area contributed by atoms with Gasteiger partial charge in [0.05, 0.1) is 15.4 Å². The molecule has 0 aliphatic carbocycles. The normalized spacial score (nSPS) is 10.8. The molecule has 0 atom stereocenters. The molecule has 6 heteroatoms. The van der Waals surface area contributed by atoms with Crippen LogP contribution in [0.25, 0.3) is 21.7 Å². The molecule has 0 saturated carbocycles. The number of nitrogens with two attached hydrogens (primary N) is 1. The number of anilines is 1. The van der Waals surface area contributed by atoms with Gasteiger partial charge in [-0.3, -0.25) is 0 Å². The Kier molecular flexibility index (Phi) is 3.00. The Morgan fingerprint density at radius 3 is 2.63 bits per heavy atom. The van der Waals surface area contributed by atoms with Crippen molar-refractivity contribution in [3.63, 3.8) is 0 Å². The third kappa shape index (κ3) is 2.22. The van der Waals surface area contributed by atoms with E-state index in [1.54, 1.807) is 17.5 Å². The van der Waals surface area contributed by atoms with Crippen molar-refractivity contribution in [2.45, 2.75) is 6.92 Å². The third-order valence-electron chi connectivity index (χ3n) is 2.71. The highest BCUT2D eigenvalue weighted by Crippen LogP contribution is 2.38. The lowest BCUT2D eigenvalue weighted by Crippen LogP contribution is -1.86. The lowest BCUT2D eigenvalue weighted by molar-refractivity contribution is 0.439. The maximum Gasteiger partial charge on any atom is 0.230 e. The molecule has 2 heterocycles. The Balaban J connectivity index is 2.16. The van der Waals surface area contributed by atoms with Crippen molar-refractivity contribution in [3.8, 4) is 21.7 Å². The van der Waals surface area contributed by atoms with E-state index in [1.165, 1.54) is 0 Å². The number of nitrogens with zero attached hydrogens (tertiary/aromatic N) is 2. The molecule has 0 radical (unpaired) electrons. The maximum atomic E-state index is 5.89. The molecule has 2 N–H and O–H groups in total. The van der Waals surface area contributed by atoms with Gasteiger partial charge in [0.15, 0.2) is 0 Å². The molecule has 3 rings (SSSR count). The summed E-state index contributed by atoms with van der Waals surface area (Å²) in [7, 11) is 0. The molecule has 1 aromatic carbocycles. The number of hydrogen-bond acceptors (Lipinski definition) is 5. The minimum absolute atomic E-state index is 0.295. The lowest BCUT2D eigenvalue weighted by atomic mass is 10.1. The third-order valence-corrected chi connectivity index (χ3v) is 3.88. The van der Waals surface area contributed by atoms with Crippen molar-refractivity contribution in [3.05, 3.63) is 40.5 Å². The molecular weight excluding hydrogens is 282 g/mol. The van der Waals surface area contributed by atoms with Crippen LogP contribution in [0.4, 0.5) is 5.88 Å². The molecule has 19 heavy (non-hydrogen) atoms. The zero-order valence-electron chi connectivity index (χ0n) is 10.1. The lowest BCUT2D eigenvalue weighted by Gasteiger charge is -2.00.